The van der Waals surface area contributed by atoms with Gasteiger partial charge in [-0.3, -0.25) is 4.72 Å². The number of anilines is 1. The molecule has 148 valence electrons. The van der Waals surface area contributed by atoms with Gasteiger partial charge in [-0.1, -0.05) is 29.8 Å². The Morgan fingerprint density at radius 3 is 2.46 bits per heavy atom. The molecule has 11 heteroatoms. The summed E-state index contributed by atoms with van der Waals surface area (Å²) in [6, 6.07) is 8.67. The minimum Gasteiger partial charge on any atom is -0.432 e. The number of alkyl halides is 2. The van der Waals surface area contributed by atoms with E-state index >= 15 is 0 Å². The molecule has 1 aromatic heterocycles. The lowest BCUT2D eigenvalue weighted by atomic mass is 10.1. The molecule has 0 bridgehead atoms. The number of aromatic nitrogens is 1. The molecule has 0 unspecified atom stereocenters. The molecule has 0 aliphatic rings. The standard InChI is InChI=1S/C17H11ClF4N2O3S/c18-11-4-2-1-3-10(11)14-5-9(8-23-14)28(25,26)24-15-6-13(20)16(7-12(15)19)27-17(21)22/h1-8,17,23-24H. The molecule has 3 rings (SSSR count). The third-order valence-corrected chi connectivity index (χ3v) is 5.29. The number of sulfonamides is 1. The lowest BCUT2D eigenvalue weighted by Crippen LogP contribution is -2.14. The molecule has 0 amide bonds. The van der Waals surface area contributed by atoms with E-state index in [4.69, 9.17) is 11.6 Å². The van der Waals surface area contributed by atoms with Crippen LogP contribution in [-0.2, 0) is 10.0 Å². The van der Waals surface area contributed by atoms with E-state index in [2.05, 4.69) is 9.72 Å². The van der Waals surface area contributed by atoms with Crippen LogP contribution in [0.4, 0.5) is 23.2 Å². The first-order valence-corrected chi connectivity index (χ1v) is 9.43. The monoisotopic (exact) mass is 434 g/mol. The van der Waals surface area contributed by atoms with E-state index in [-0.39, 0.29) is 4.90 Å². The Labute approximate surface area is 162 Å². The van der Waals surface area contributed by atoms with Gasteiger partial charge in [-0.2, -0.15) is 8.78 Å². The van der Waals surface area contributed by atoms with Crippen LogP contribution in [0.1, 0.15) is 0 Å². The van der Waals surface area contributed by atoms with Gasteiger partial charge in [-0.05, 0) is 12.1 Å². The molecule has 28 heavy (non-hydrogen) atoms. The highest BCUT2D eigenvalue weighted by atomic mass is 35.5. The van der Waals surface area contributed by atoms with E-state index < -0.39 is 39.7 Å². The summed E-state index contributed by atoms with van der Waals surface area (Å²) in [5, 5.41) is 0.379. The van der Waals surface area contributed by atoms with E-state index in [0.29, 0.717) is 28.4 Å². The summed E-state index contributed by atoms with van der Waals surface area (Å²) in [4.78, 5) is 2.47. The van der Waals surface area contributed by atoms with Crippen LogP contribution >= 0.6 is 11.6 Å². The van der Waals surface area contributed by atoms with Gasteiger partial charge >= 0.3 is 6.61 Å². The number of hydrogen-bond donors (Lipinski definition) is 2. The second kappa shape index (κ2) is 7.72. The summed E-state index contributed by atoms with van der Waals surface area (Å²) < 4.78 is 82.7. The topological polar surface area (TPSA) is 71.2 Å². The van der Waals surface area contributed by atoms with Crippen molar-refractivity contribution in [3.8, 4) is 17.0 Å². The quantitative estimate of drug-likeness (QED) is 0.535. The Kier molecular flexibility index (Phi) is 5.52. The first-order chi connectivity index (χ1) is 13.2. The molecule has 0 radical (unpaired) electrons. The molecule has 0 aliphatic heterocycles. The molecule has 3 aromatic rings. The fraction of sp³-hybridized carbons (Fsp3) is 0.0588. The van der Waals surface area contributed by atoms with Crippen molar-refractivity contribution in [2.75, 3.05) is 4.72 Å². The van der Waals surface area contributed by atoms with Crippen molar-refractivity contribution in [3.63, 3.8) is 0 Å². The smallest absolute Gasteiger partial charge is 0.387 e. The van der Waals surface area contributed by atoms with Gasteiger partial charge in [-0.15, -0.1) is 0 Å². The molecule has 5 nitrogen and oxygen atoms in total. The normalized spacial score (nSPS) is 11.6. The van der Waals surface area contributed by atoms with Gasteiger partial charge in [0.15, 0.2) is 17.4 Å². The van der Waals surface area contributed by atoms with Crippen LogP contribution in [-0.4, -0.2) is 20.0 Å². The van der Waals surface area contributed by atoms with Crippen molar-refractivity contribution < 1.29 is 30.7 Å². The molecule has 0 atom stereocenters. The van der Waals surface area contributed by atoms with E-state index in [0.717, 1.165) is 6.20 Å². The van der Waals surface area contributed by atoms with E-state index in [9.17, 15) is 26.0 Å². The summed E-state index contributed by atoms with van der Waals surface area (Å²) in [6.07, 6.45) is 1.14. The average Bonchev–Trinajstić information content (AvgIpc) is 3.10. The van der Waals surface area contributed by atoms with Crippen LogP contribution < -0.4 is 9.46 Å². The summed E-state index contributed by atoms with van der Waals surface area (Å²) >= 11 is 6.06. The minimum atomic E-state index is -4.31. The maximum Gasteiger partial charge on any atom is 0.387 e. The van der Waals surface area contributed by atoms with Crippen LogP contribution in [0.15, 0.2) is 53.6 Å². The third kappa shape index (κ3) is 4.23. The lowest BCUT2D eigenvalue weighted by molar-refractivity contribution is -0.0523. The van der Waals surface area contributed by atoms with Crippen molar-refractivity contribution in [2.45, 2.75) is 11.5 Å². The highest BCUT2D eigenvalue weighted by Gasteiger charge is 2.21. The second-order valence-electron chi connectivity index (χ2n) is 5.48. The molecule has 1 heterocycles. The number of halogens is 5. The van der Waals surface area contributed by atoms with Crippen molar-refractivity contribution in [1.82, 2.24) is 4.98 Å². The summed E-state index contributed by atoms with van der Waals surface area (Å²) in [5.74, 6) is -3.69. The lowest BCUT2D eigenvalue weighted by Gasteiger charge is -2.11. The number of aromatic amines is 1. The molecule has 0 fully saturated rings. The summed E-state index contributed by atoms with van der Waals surface area (Å²) in [5.41, 5.74) is 0.161. The van der Waals surface area contributed by atoms with Gasteiger partial charge in [0, 0.05) is 34.6 Å². The molecular formula is C17H11ClF4N2O3S. The molecule has 2 aromatic carbocycles. The average molecular weight is 435 g/mol. The molecule has 2 N–H and O–H groups in total. The van der Waals surface area contributed by atoms with E-state index in [1.54, 1.807) is 24.3 Å². The maximum absolute atomic E-state index is 14.0. The maximum atomic E-state index is 14.0. The SMILES string of the molecule is O=S(=O)(Nc1cc(F)c(OC(F)F)cc1F)c1c[nH]c(-c2ccccc2Cl)c1. The summed E-state index contributed by atoms with van der Waals surface area (Å²) in [6.45, 7) is -3.36. The Balaban J connectivity index is 1.89. The van der Waals surface area contributed by atoms with E-state index in [1.165, 1.54) is 6.07 Å². The number of benzene rings is 2. The van der Waals surface area contributed by atoms with E-state index in [1.807, 2.05) is 4.72 Å². The first kappa shape index (κ1) is 20.0. The zero-order chi connectivity index (χ0) is 20.5. The predicted molar refractivity (Wildman–Crippen MR) is 95.0 cm³/mol. The van der Waals surface area contributed by atoms with Crippen molar-refractivity contribution in [1.29, 1.82) is 0 Å². The highest BCUT2D eigenvalue weighted by Crippen LogP contribution is 2.30. The van der Waals surface area contributed by atoms with Gasteiger partial charge in [0.25, 0.3) is 10.0 Å². The van der Waals surface area contributed by atoms with Gasteiger partial charge in [0.05, 0.1) is 5.69 Å². The van der Waals surface area contributed by atoms with Crippen LogP contribution in [0.5, 0.6) is 5.75 Å². The van der Waals surface area contributed by atoms with Crippen LogP contribution in [0, 0.1) is 11.6 Å². The van der Waals surface area contributed by atoms with Gasteiger partial charge < -0.3 is 9.72 Å². The van der Waals surface area contributed by atoms with Crippen molar-refractivity contribution in [2.24, 2.45) is 0 Å². The molecule has 0 saturated heterocycles. The fourth-order valence-electron chi connectivity index (χ4n) is 2.36. The Morgan fingerprint density at radius 1 is 1.07 bits per heavy atom. The molecular weight excluding hydrogens is 424 g/mol. The molecule has 0 spiro atoms. The zero-order valence-electron chi connectivity index (χ0n) is 13.7. The Morgan fingerprint density at radius 2 is 1.79 bits per heavy atom. The molecule has 0 saturated carbocycles. The number of ether oxygens (including phenoxy) is 1. The number of hydrogen-bond acceptors (Lipinski definition) is 3. The van der Waals surface area contributed by atoms with Gasteiger partial charge in [-0.25, -0.2) is 17.2 Å². The zero-order valence-corrected chi connectivity index (χ0v) is 15.3. The summed E-state index contributed by atoms with van der Waals surface area (Å²) in [7, 11) is -4.31. The molecule has 0 aliphatic carbocycles. The van der Waals surface area contributed by atoms with Gasteiger partial charge in [0.2, 0.25) is 0 Å². The van der Waals surface area contributed by atoms with Crippen LogP contribution in [0.3, 0.4) is 0 Å². The van der Waals surface area contributed by atoms with Crippen LogP contribution in [0.25, 0.3) is 11.3 Å². The predicted octanol–water partition coefficient (Wildman–Crippen LogP) is 5.02. The van der Waals surface area contributed by atoms with Crippen molar-refractivity contribution >= 4 is 27.3 Å². The Bertz CT molecular complexity index is 1120. The van der Waals surface area contributed by atoms with Crippen LogP contribution in [0.2, 0.25) is 5.02 Å². The first-order valence-electron chi connectivity index (χ1n) is 7.57. The fourth-order valence-corrected chi connectivity index (χ4v) is 3.65. The minimum absolute atomic E-state index is 0.268. The number of rotatable bonds is 6. The van der Waals surface area contributed by atoms with Gasteiger partial charge in [0.1, 0.15) is 4.90 Å². The number of nitrogens with one attached hydrogen (secondary N) is 2. The van der Waals surface area contributed by atoms with Crippen molar-refractivity contribution in [3.05, 3.63) is 65.3 Å². The third-order valence-electron chi connectivity index (χ3n) is 3.61. The Hall–Kier alpha value is -2.72. The highest BCUT2D eigenvalue weighted by molar-refractivity contribution is 7.92. The number of H-pyrrole nitrogens is 1. The second-order valence-corrected chi connectivity index (χ2v) is 7.56. The largest absolute Gasteiger partial charge is 0.432 e.